The van der Waals surface area contributed by atoms with Gasteiger partial charge >= 0.3 is 0 Å². The number of fused-ring (bicyclic) bond motifs is 1. The van der Waals surface area contributed by atoms with Gasteiger partial charge in [-0.15, -0.1) is 0 Å². The molecule has 0 saturated carbocycles. The number of benzene rings is 1. The van der Waals surface area contributed by atoms with Crippen LogP contribution in [0.25, 0.3) is 10.9 Å². The van der Waals surface area contributed by atoms with Gasteiger partial charge in [0, 0.05) is 11.5 Å². The first-order valence-electron chi connectivity index (χ1n) is 5.79. The molecule has 0 aliphatic rings. The highest BCUT2D eigenvalue weighted by Crippen LogP contribution is 2.34. The van der Waals surface area contributed by atoms with E-state index in [1.165, 1.54) is 5.56 Å². The Hall–Kier alpha value is -1.29. The van der Waals surface area contributed by atoms with Gasteiger partial charge in [0.15, 0.2) is 11.5 Å². The molecule has 96 valence electrons. The molecule has 0 amide bonds. The molecule has 0 saturated heterocycles. The van der Waals surface area contributed by atoms with Crippen molar-refractivity contribution in [1.29, 1.82) is 0 Å². The molecule has 3 nitrogen and oxygen atoms in total. The summed E-state index contributed by atoms with van der Waals surface area (Å²) >= 11 is 3.52. The van der Waals surface area contributed by atoms with Gasteiger partial charge in [-0.3, -0.25) is 0 Å². The third kappa shape index (κ3) is 2.29. The standard InChI is InChI=1S/C14H16BrNO2/c1-8(2)10-5-9-6-12(17-3)13(18-4)7-11(9)16-14(10)15/h5-8H,1-4H3. The van der Waals surface area contributed by atoms with E-state index in [4.69, 9.17) is 9.47 Å². The third-order valence-electron chi connectivity index (χ3n) is 2.92. The first kappa shape index (κ1) is 13.1. The van der Waals surface area contributed by atoms with E-state index in [2.05, 4.69) is 40.8 Å². The highest BCUT2D eigenvalue weighted by atomic mass is 79.9. The van der Waals surface area contributed by atoms with E-state index in [0.717, 1.165) is 21.3 Å². The molecule has 0 aliphatic heterocycles. The van der Waals surface area contributed by atoms with E-state index < -0.39 is 0 Å². The second-order valence-electron chi connectivity index (χ2n) is 4.42. The lowest BCUT2D eigenvalue weighted by Gasteiger charge is -2.12. The van der Waals surface area contributed by atoms with Crippen molar-refractivity contribution < 1.29 is 9.47 Å². The van der Waals surface area contributed by atoms with Crippen molar-refractivity contribution in [1.82, 2.24) is 4.98 Å². The summed E-state index contributed by atoms with van der Waals surface area (Å²) in [4.78, 5) is 4.56. The van der Waals surface area contributed by atoms with Gasteiger partial charge in [0.25, 0.3) is 0 Å². The number of hydrogen-bond acceptors (Lipinski definition) is 3. The molecule has 0 radical (unpaired) electrons. The summed E-state index contributed by atoms with van der Waals surface area (Å²) in [6, 6.07) is 5.99. The normalized spacial score (nSPS) is 11.0. The summed E-state index contributed by atoms with van der Waals surface area (Å²) < 4.78 is 11.5. The van der Waals surface area contributed by atoms with Crippen molar-refractivity contribution in [2.24, 2.45) is 0 Å². The average molecular weight is 310 g/mol. The van der Waals surface area contributed by atoms with Crippen LogP contribution < -0.4 is 9.47 Å². The monoisotopic (exact) mass is 309 g/mol. The molecule has 0 atom stereocenters. The number of aromatic nitrogens is 1. The summed E-state index contributed by atoms with van der Waals surface area (Å²) in [6.07, 6.45) is 0. The summed E-state index contributed by atoms with van der Waals surface area (Å²) in [5.41, 5.74) is 2.08. The van der Waals surface area contributed by atoms with Gasteiger partial charge in [-0.05, 0) is 39.5 Å². The van der Waals surface area contributed by atoms with Crippen LogP contribution in [-0.4, -0.2) is 19.2 Å². The van der Waals surface area contributed by atoms with E-state index in [1.54, 1.807) is 14.2 Å². The molecule has 0 bridgehead atoms. The number of halogens is 1. The zero-order chi connectivity index (χ0) is 13.3. The molecule has 2 rings (SSSR count). The zero-order valence-corrected chi connectivity index (χ0v) is 12.5. The van der Waals surface area contributed by atoms with Gasteiger partial charge in [0.1, 0.15) is 4.60 Å². The lowest BCUT2D eigenvalue weighted by Crippen LogP contribution is -1.95. The van der Waals surface area contributed by atoms with E-state index >= 15 is 0 Å². The van der Waals surface area contributed by atoms with Crippen molar-refractivity contribution in [3.05, 3.63) is 28.4 Å². The molecule has 0 unspecified atom stereocenters. The van der Waals surface area contributed by atoms with E-state index in [0.29, 0.717) is 11.7 Å². The minimum Gasteiger partial charge on any atom is -0.493 e. The van der Waals surface area contributed by atoms with Gasteiger partial charge < -0.3 is 9.47 Å². The quantitative estimate of drug-likeness (QED) is 0.799. The second kappa shape index (κ2) is 5.14. The number of rotatable bonds is 3. The SMILES string of the molecule is COc1cc2cc(C(C)C)c(Br)nc2cc1OC. The van der Waals surface area contributed by atoms with Gasteiger partial charge in [-0.1, -0.05) is 13.8 Å². The molecule has 0 spiro atoms. The van der Waals surface area contributed by atoms with E-state index in [9.17, 15) is 0 Å². The lowest BCUT2D eigenvalue weighted by molar-refractivity contribution is 0.356. The topological polar surface area (TPSA) is 31.4 Å². The van der Waals surface area contributed by atoms with E-state index in [-0.39, 0.29) is 0 Å². The van der Waals surface area contributed by atoms with Crippen LogP contribution in [0.15, 0.2) is 22.8 Å². The smallest absolute Gasteiger partial charge is 0.162 e. The van der Waals surface area contributed by atoms with Crippen LogP contribution in [0.3, 0.4) is 0 Å². The third-order valence-corrected chi connectivity index (χ3v) is 3.56. The van der Waals surface area contributed by atoms with Crippen LogP contribution in [0.5, 0.6) is 11.5 Å². The summed E-state index contributed by atoms with van der Waals surface area (Å²) in [5, 5.41) is 1.06. The van der Waals surface area contributed by atoms with Gasteiger partial charge in [0.2, 0.25) is 0 Å². The minimum absolute atomic E-state index is 0.421. The Labute approximate surface area is 115 Å². The first-order valence-corrected chi connectivity index (χ1v) is 6.58. The minimum atomic E-state index is 0.421. The van der Waals surface area contributed by atoms with Crippen LogP contribution in [0.4, 0.5) is 0 Å². The van der Waals surface area contributed by atoms with Crippen molar-refractivity contribution >= 4 is 26.8 Å². The number of ether oxygens (including phenoxy) is 2. The molecule has 0 aliphatic carbocycles. The molecule has 2 aromatic rings. The predicted octanol–water partition coefficient (Wildman–Crippen LogP) is 4.14. The first-order chi connectivity index (χ1) is 8.56. The van der Waals surface area contributed by atoms with Crippen LogP contribution in [0.1, 0.15) is 25.3 Å². The van der Waals surface area contributed by atoms with Crippen LogP contribution in [0.2, 0.25) is 0 Å². The Balaban J connectivity index is 2.70. The highest BCUT2D eigenvalue weighted by Gasteiger charge is 2.11. The van der Waals surface area contributed by atoms with Crippen LogP contribution >= 0.6 is 15.9 Å². The molecule has 1 aromatic heterocycles. The fourth-order valence-electron chi connectivity index (χ4n) is 1.90. The van der Waals surface area contributed by atoms with Crippen molar-refractivity contribution in [3.63, 3.8) is 0 Å². The fraction of sp³-hybridized carbons (Fsp3) is 0.357. The number of pyridine rings is 1. The molecule has 18 heavy (non-hydrogen) atoms. The maximum atomic E-state index is 5.31. The summed E-state index contributed by atoms with van der Waals surface area (Å²) in [5.74, 6) is 1.84. The van der Waals surface area contributed by atoms with Gasteiger partial charge in [-0.2, -0.15) is 0 Å². The molecule has 0 N–H and O–H groups in total. The molecule has 1 aromatic carbocycles. The molecule has 4 heteroatoms. The molecular weight excluding hydrogens is 294 g/mol. The number of hydrogen-bond donors (Lipinski definition) is 0. The lowest BCUT2D eigenvalue weighted by atomic mass is 10.0. The van der Waals surface area contributed by atoms with Crippen LogP contribution in [-0.2, 0) is 0 Å². The average Bonchev–Trinajstić information content (AvgIpc) is 2.36. The van der Waals surface area contributed by atoms with Gasteiger partial charge in [0.05, 0.1) is 19.7 Å². The Morgan fingerprint density at radius 2 is 1.67 bits per heavy atom. The number of methoxy groups -OCH3 is 2. The van der Waals surface area contributed by atoms with Gasteiger partial charge in [-0.25, -0.2) is 4.98 Å². The highest BCUT2D eigenvalue weighted by molar-refractivity contribution is 9.10. The fourth-order valence-corrected chi connectivity index (χ4v) is 2.66. The van der Waals surface area contributed by atoms with Crippen molar-refractivity contribution in [2.45, 2.75) is 19.8 Å². The zero-order valence-electron chi connectivity index (χ0n) is 11.0. The second-order valence-corrected chi connectivity index (χ2v) is 5.17. The number of nitrogens with zero attached hydrogens (tertiary/aromatic N) is 1. The Morgan fingerprint density at radius 1 is 1.06 bits per heavy atom. The Morgan fingerprint density at radius 3 is 2.22 bits per heavy atom. The maximum absolute atomic E-state index is 5.31. The molecule has 0 fully saturated rings. The largest absolute Gasteiger partial charge is 0.493 e. The summed E-state index contributed by atoms with van der Waals surface area (Å²) in [6.45, 7) is 4.29. The van der Waals surface area contributed by atoms with E-state index in [1.807, 2.05) is 12.1 Å². The van der Waals surface area contributed by atoms with Crippen molar-refractivity contribution in [2.75, 3.05) is 14.2 Å². The van der Waals surface area contributed by atoms with Crippen molar-refractivity contribution in [3.8, 4) is 11.5 Å². The maximum Gasteiger partial charge on any atom is 0.162 e. The Bertz CT molecular complexity index is 582. The molecule has 1 heterocycles. The summed E-state index contributed by atoms with van der Waals surface area (Å²) in [7, 11) is 3.26. The predicted molar refractivity (Wildman–Crippen MR) is 76.6 cm³/mol. The Kier molecular flexibility index (Phi) is 3.76. The molecular formula is C14H16BrNO2. The van der Waals surface area contributed by atoms with Crippen LogP contribution in [0, 0.1) is 0 Å².